The molecule has 0 aliphatic rings. The lowest BCUT2D eigenvalue weighted by Crippen LogP contribution is -2.12. The molecule has 9 aromatic rings. The zero-order valence-corrected chi connectivity index (χ0v) is 26.1. The van der Waals surface area contributed by atoms with Gasteiger partial charge < -0.3 is 4.57 Å². The van der Waals surface area contributed by atoms with Crippen LogP contribution in [-0.2, 0) is 5.41 Å². The molecule has 4 aromatic heterocycles. The quantitative estimate of drug-likeness (QED) is 0.205. The first kappa shape index (κ1) is 26.6. The van der Waals surface area contributed by atoms with Crippen LogP contribution in [0.2, 0.25) is 0 Å². The summed E-state index contributed by atoms with van der Waals surface area (Å²) in [6.07, 6.45) is 3.80. The molecule has 5 aromatic carbocycles. The van der Waals surface area contributed by atoms with E-state index in [1.54, 1.807) is 0 Å². The van der Waals surface area contributed by atoms with E-state index >= 15 is 0 Å². The number of para-hydroxylation sites is 1. The molecule has 4 heterocycles. The second kappa shape index (κ2) is 9.88. The molecule has 0 saturated carbocycles. The minimum Gasteiger partial charge on any atom is -0.309 e. The van der Waals surface area contributed by atoms with Gasteiger partial charge in [-0.1, -0.05) is 99.6 Å². The van der Waals surface area contributed by atoms with E-state index in [2.05, 4.69) is 150 Å². The summed E-state index contributed by atoms with van der Waals surface area (Å²) < 4.78 is 4.77. The fraction of sp³-hybridized carbons (Fsp3) is 0.0952. The zero-order chi connectivity index (χ0) is 31.0. The third-order valence-electron chi connectivity index (χ3n) is 9.37. The summed E-state index contributed by atoms with van der Waals surface area (Å²) in [7, 11) is 0. The Morgan fingerprint density at radius 3 is 2.07 bits per heavy atom. The van der Waals surface area contributed by atoms with Crippen LogP contribution >= 0.6 is 0 Å². The normalized spacial score (nSPS) is 12.2. The number of hydrogen-bond acceptors (Lipinski definition) is 2. The highest BCUT2D eigenvalue weighted by Gasteiger charge is 2.20. The van der Waals surface area contributed by atoms with Gasteiger partial charge in [0.1, 0.15) is 5.82 Å². The van der Waals surface area contributed by atoms with E-state index in [0.29, 0.717) is 0 Å². The van der Waals surface area contributed by atoms with Gasteiger partial charge in [0, 0.05) is 50.6 Å². The van der Waals surface area contributed by atoms with Gasteiger partial charge in [-0.3, -0.25) is 9.55 Å². The van der Waals surface area contributed by atoms with Gasteiger partial charge in [-0.05, 0) is 64.9 Å². The van der Waals surface area contributed by atoms with Crippen molar-refractivity contribution in [3.8, 4) is 22.8 Å². The van der Waals surface area contributed by atoms with E-state index in [1.807, 2.05) is 24.5 Å². The Bertz CT molecular complexity index is 2620. The average Bonchev–Trinajstić information content (AvgIpc) is 3.60. The molecule has 9 rings (SSSR count). The van der Waals surface area contributed by atoms with Crippen molar-refractivity contribution >= 4 is 54.4 Å². The summed E-state index contributed by atoms with van der Waals surface area (Å²) in [4.78, 5) is 9.60. The van der Waals surface area contributed by atoms with Crippen LogP contribution in [0.1, 0.15) is 26.3 Å². The van der Waals surface area contributed by atoms with Crippen LogP contribution in [0, 0.1) is 0 Å². The van der Waals surface area contributed by atoms with Crippen molar-refractivity contribution in [2.24, 2.45) is 0 Å². The lowest BCUT2D eigenvalue weighted by Gasteiger charge is -2.20. The standard InChI is InChI=1S/C42H32N4/c1-42(2,3)29-21-23-44-40(25-29)46-37-14-7-6-12-32(37)33-20-17-30(26-39(33)46)45-38-24-28(36-13-8-9-22-43-36)16-18-34(38)35-19-15-27-10-4-5-11-31(27)41(35)45/h4-26H,1-3H3. The first-order valence-corrected chi connectivity index (χ1v) is 15.8. The van der Waals surface area contributed by atoms with Gasteiger partial charge in [0.25, 0.3) is 0 Å². The van der Waals surface area contributed by atoms with Crippen molar-refractivity contribution in [3.05, 3.63) is 145 Å². The Hall–Kier alpha value is -5.74. The van der Waals surface area contributed by atoms with Crippen molar-refractivity contribution in [2.75, 3.05) is 0 Å². The Morgan fingerprint density at radius 2 is 1.22 bits per heavy atom. The summed E-state index contributed by atoms with van der Waals surface area (Å²) in [6.45, 7) is 6.76. The molecule has 0 radical (unpaired) electrons. The van der Waals surface area contributed by atoms with E-state index < -0.39 is 0 Å². The lowest BCUT2D eigenvalue weighted by molar-refractivity contribution is 0.588. The van der Waals surface area contributed by atoms with Crippen LogP contribution in [0.15, 0.2) is 140 Å². The van der Waals surface area contributed by atoms with Gasteiger partial charge in [0.2, 0.25) is 0 Å². The second-order valence-electron chi connectivity index (χ2n) is 13.2. The number of fused-ring (bicyclic) bond motifs is 8. The zero-order valence-electron chi connectivity index (χ0n) is 26.1. The van der Waals surface area contributed by atoms with Gasteiger partial charge >= 0.3 is 0 Å². The molecule has 0 atom stereocenters. The average molecular weight is 593 g/mol. The molecule has 46 heavy (non-hydrogen) atoms. The lowest BCUT2D eigenvalue weighted by atomic mass is 9.88. The monoisotopic (exact) mass is 592 g/mol. The molecule has 0 aliphatic heterocycles. The molecule has 0 N–H and O–H groups in total. The van der Waals surface area contributed by atoms with E-state index in [4.69, 9.17) is 4.98 Å². The molecule has 0 unspecified atom stereocenters. The number of nitrogens with zero attached hydrogens (tertiary/aromatic N) is 4. The minimum absolute atomic E-state index is 0.0109. The highest BCUT2D eigenvalue weighted by Crippen LogP contribution is 2.40. The maximum absolute atomic E-state index is 4.92. The van der Waals surface area contributed by atoms with Crippen molar-refractivity contribution in [1.82, 2.24) is 19.1 Å². The van der Waals surface area contributed by atoms with Crippen molar-refractivity contribution in [2.45, 2.75) is 26.2 Å². The Morgan fingerprint density at radius 1 is 0.500 bits per heavy atom. The Kier molecular flexibility index (Phi) is 5.72. The highest BCUT2D eigenvalue weighted by atomic mass is 15.1. The topological polar surface area (TPSA) is 35.6 Å². The molecule has 0 amide bonds. The highest BCUT2D eigenvalue weighted by molar-refractivity contribution is 6.19. The van der Waals surface area contributed by atoms with Crippen LogP contribution in [0.4, 0.5) is 0 Å². The molecule has 0 bridgehead atoms. The fourth-order valence-corrected chi connectivity index (χ4v) is 7.09. The Balaban J connectivity index is 1.40. The van der Waals surface area contributed by atoms with E-state index in [-0.39, 0.29) is 5.41 Å². The van der Waals surface area contributed by atoms with Crippen LogP contribution < -0.4 is 0 Å². The molecule has 0 saturated heterocycles. The van der Waals surface area contributed by atoms with Crippen LogP contribution in [0.25, 0.3) is 77.1 Å². The molecule has 0 fully saturated rings. The fourth-order valence-electron chi connectivity index (χ4n) is 7.09. The molecule has 4 heteroatoms. The third-order valence-corrected chi connectivity index (χ3v) is 9.37. The van der Waals surface area contributed by atoms with Crippen LogP contribution in [0.5, 0.6) is 0 Å². The van der Waals surface area contributed by atoms with E-state index in [0.717, 1.165) is 39.3 Å². The number of pyridine rings is 2. The third kappa shape index (κ3) is 4.00. The maximum atomic E-state index is 4.92. The summed E-state index contributed by atoms with van der Waals surface area (Å²) >= 11 is 0. The summed E-state index contributed by atoms with van der Waals surface area (Å²) in [5, 5.41) is 7.35. The summed E-state index contributed by atoms with van der Waals surface area (Å²) in [5.74, 6) is 0.931. The van der Waals surface area contributed by atoms with Crippen molar-refractivity contribution < 1.29 is 0 Å². The van der Waals surface area contributed by atoms with E-state index in [9.17, 15) is 0 Å². The molecule has 220 valence electrons. The molecule has 0 aliphatic carbocycles. The van der Waals surface area contributed by atoms with Gasteiger partial charge in [0.15, 0.2) is 0 Å². The largest absolute Gasteiger partial charge is 0.309 e. The second-order valence-corrected chi connectivity index (χ2v) is 13.2. The first-order chi connectivity index (χ1) is 22.5. The van der Waals surface area contributed by atoms with Crippen molar-refractivity contribution in [3.63, 3.8) is 0 Å². The van der Waals surface area contributed by atoms with Gasteiger partial charge in [-0.25, -0.2) is 4.98 Å². The van der Waals surface area contributed by atoms with Gasteiger partial charge in [-0.15, -0.1) is 0 Å². The van der Waals surface area contributed by atoms with Crippen LogP contribution in [0.3, 0.4) is 0 Å². The predicted octanol–water partition coefficient (Wildman–Crippen LogP) is 10.8. The van der Waals surface area contributed by atoms with Gasteiger partial charge in [0.05, 0.1) is 27.8 Å². The van der Waals surface area contributed by atoms with E-state index in [1.165, 1.54) is 43.4 Å². The summed E-state index contributed by atoms with van der Waals surface area (Å²) in [5.41, 5.74) is 9.09. The number of hydrogen-bond donors (Lipinski definition) is 0. The molecule has 0 spiro atoms. The summed E-state index contributed by atoms with van der Waals surface area (Å²) in [6, 6.07) is 45.9. The molecular formula is C42H32N4. The number of rotatable bonds is 3. The van der Waals surface area contributed by atoms with Crippen LogP contribution in [-0.4, -0.2) is 19.1 Å². The number of aromatic nitrogens is 4. The first-order valence-electron chi connectivity index (χ1n) is 15.8. The van der Waals surface area contributed by atoms with Gasteiger partial charge in [-0.2, -0.15) is 0 Å². The minimum atomic E-state index is 0.0109. The Labute approximate surface area is 267 Å². The number of benzene rings is 5. The smallest absolute Gasteiger partial charge is 0.137 e. The van der Waals surface area contributed by atoms with Crippen molar-refractivity contribution in [1.29, 1.82) is 0 Å². The SMILES string of the molecule is CC(C)(C)c1ccnc(-n2c3ccccc3c3ccc(-n4c5cc(-c6ccccn6)ccc5c5ccc6ccccc6c54)cc32)c1. The molecule has 4 nitrogen and oxygen atoms in total. The predicted molar refractivity (Wildman–Crippen MR) is 192 cm³/mol. The molecular weight excluding hydrogens is 560 g/mol. The maximum Gasteiger partial charge on any atom is 0.137 e.